The van der Waals surface area contributed by atoms with Gasteiger partial charge in [-0.1, -0.05) is 0 Å². The van der Waals surface area contributed by atoms with Gasteiger partial charge in [0.2, 0.25) is 0 Å². The van der Waals surface area contributed by atoms with Crippen molar-refractivity contribution >= 4 is 11.7 Å². The molecule has 19 heavy (non-hydrogen) atoms. The Morgan fingerprint density at radius 3 is 2.58 bits per heavy atom. The second kappa shape index (κ2) is 5.56. The molecule has 2 aromatic rings. The molecule has 0 saturated carbocycles. The van der Waals surface area contributed by atoms with Crippen molar-refractivity contribution in [2.75, 3.05) is 12.4 Å². The highest BCUT2D eigenvalue weighted by molar-refractivity contribution is 5.89. The van der Waals surface area contributed by atoms with Gasteiger partial charge >= 0.3 is 5.97 Å². The van der Waals surface area contributed by atoms with Gasteiger partial charge in [0.15, 0.2) is 0 Å². The largest absolute Gasteiger partial charge is 0.465 e. The highest BCUT2D eigenvalue weighted by atomic mass is 16.5. The summed E-state index contributed by atoms with van der Waals surface area (Å²) < 4.78 is 6.43. The number of aromatic nitrogens is 2. The summed E-state index contributed by atoms with van der Waals surface area (Å²) in [6.45, 7) is 2.06. The molecule has 0 spiro atoms. The molecule has 1 N–H and O–H groups in total. The normalized spacial score (nSPS) is 11.9. The van der Waals surface area contributed by atoms with E-state index in [1.165, 1.54) is 7.11 Å². The Bertz CT molecular complexity index is 560. The van der Waals surface area contributed by atoms with Crippen LogP contribution in [0.4, 0.5) is 5.69 Å². The first-order valence-corrected chi connectivity index (χ1v) is 6.03. The monoisotopic (exact) mass is 259 g/mol. The van der Waals surface area contributed by atoms with E-state index < -0.39 is 0 Å². The summed E-state index contributed by atoms with van der Waals surface area (Å²) in [4.78, 5) is 11.3. The Morgan fingerprint density at radius 1 is 1.37 bits per heavy atom. The minimum Gasteiger partial charge on any atom is -0.465 e. The van der Waals surface area contributed by atoms with Crippen molar-refractivity contribution in [1.82, 2.24) is 9.78 Å². The minimum absolute atomic E-state index is 0.151. The number of ether oxygens (including phenoxy) is 1. The Kier molecular flexibility index (Phi) is 3.85. The molecule has 0 bridgehead atoms. The van der Waals surface area contributed by atoms with E-state index in [9.17, 15) is 4.79 Å². The number of nitrogens with zero attached hydrogens (tertiary/aromatic N) is 2. The number of anilines is 1. The lowest BCUT2D eigenvalue weighted by atomic mass is 10.1. The van der Waals surface area contributed by atoms with E-state index >= 15 is 0 Å². The molecule has 100 valence electrons. The van der Waals surface area contributed by atoms with Gasteiger partial charge in [-0.25, -0.2) is 4.79 Å². The van der Waals surface area contributed by atoms with Gasteiger partial charge in [0, 0.05) is 24.5 Å². The van der Waals surface area contributed by atoms with Gasteiger partial charge in [-0.3, -0.25) is 4.68 Å². The number of aryl methyl sites for hydroxylation is 1. The first kappa shape index (κ1) is 13.1. The van der Waals surface area contributed by atoms with Crippen LogP contribution in [0.1, 0.15) is 28.9 Å². The molecule has 1 atom stereocenters. The maximum absolute atomic E-state index is 11.3. The van der Waals surface area contributed by atoms with Crippen molar-refractivity contribution in [2.24, 2.45) is 7.05 Å². The molecule has 1 heterocycles. The van der Waals surface area contributed by atoms with Gasteiger partial charge in [-0.2, -0.15) is 5.10 Å². The van der Waals surface area contributed by atoms with E-state index in [-0.39, 0.29) is 12.0 Å². The number of carbonyl (C=O) groups excluding carboxylic acids is 1. The molecule has 1 unspecified atom stereocenters. The van der Waals surface area contributed by atoms with Crippen molar-refractivity contribution in [3.63, 3.8) is 0 Å². The van der Waals surface area contributed by atoms with Crippen LogP contribution in [-0.2, 0) is 11.8 Å². The van der Waals surface area contributed by atoms with Crippen molar-refractivity contribution in [2.45, 2.75) is 13.0 Å². The van der Waals surface area contributed by atoms with Gasteiger partial charge in [0.25, 0.3) is 0 Å². The summed E-state index contributed by atoms with van der Waals surface area (Å²) in [6.07, 6.45) is 3.81. The topological polar surface area (TPSA) is 56.1 Å². The lowest BCUT2D eigenvalue weighted by Crippen LogP contribution is -2.06. The molecule has 0 radical (unpaired) electrons. The summed E-state index contributed by atoms with van der Waals surface area (Å²) in [5.74, 6) is -0.327. The average Bonchev–Trinajstić information content (AvgIpc) is 2.85. The number of rotatable bonds is 4. The van der Waals surface area contributed by atoms with Crippen molar-refractivity contribution < 1.29 is 9.53 Å². The van der Waals surface area contributed by atoms with Crippen molar-refractivity contribution in [1.29, 1.82) is 0 Å². The summed E-state index contributed by atoms with van der Waals surface area (Å²) in [5, 5.41) is 7.49. The van der Waals surface area contributed by atoms with Crippen LogP contribution in [0.3, 0.4) is 0 Å². The summed E-state index contributed by atoms with van der Waals surface area (Å²) >= 11 is 0. The zero-order valence-corrected chi connectivity index (χ0v) is 11.3. The number of carbonyl (C=O) groups is 1. The van der Waals surface area contributed by atoms with Crippen LogP contribution in [0.5, 0.6) is 0 Å². The second-order valence-electron chi connectivity index (χ2n) is 4.38. The van der Waals surface area contributed by atoms with Gasteiger partial charge in [0.1, 0.15) is 0 Å². The van der Waals surface area contributed by atoms with Gasteiger partial charge in [-0.05, 0) is 31.2 Å². The molecule has 5 nitrogen and oxygen atoms in total. The van der Waals surface area contributed by atoms with E-state index in [0.717, 1.165) is 11.3 Å². The predicted octanol–water partition coefficient (Wildman–Crippen LogP) is 2.38. The fraction of sp³-hybridized carbons (Fsp3) is 0.286. The van der Waals surface area contributed by atoms with Crippen LogP contribution in [0.15, 0.2) is 36.7 Å². The van der Waals surface area contributed by atoms with Crippen molar-refractivity contribution in [3.8, 4) is 0 Å². The third kappa shape index (κ3) is 3.13. The number of nitrogens with one attached hydrogen (secondary N) is 1. The Morgan fingerprint density at radius 2 is 2.05 bits per heavy atom. The predicted molar refractivity (Wildman–Crippen MR) is 73.0 cm³/mol. The molecule has 1 aromatic heterocycles. The standard InChI is InChI=1S/C14H17N3O2/c1-10(12-8-15-17(2)9-12)16-13-6-4-11(5-7-13)14(18)19-3/h4-10,16H,1-3H3. The van der Waals surface area contributed by atoms with E-state index in [1.807, 2.05) is 31.6 Å². The molecule has 2 rings (SSSR count). The third-order valence-corrected chi connectivity index (χ3v) is 2.91. The SMILES string of the molecule is COC(=O)c1ccc(NC(C)c2cnn(C)c2)cc1. The van der Waals surface area contributed by atoms with Crippen LogP contribution < -0.4 is 5.32 Å². The highest BCUT2D eigenvalue weighted by Crippen LogP contribution is 2.19. The maximum atomic E-state index is 11.3. The molecular formula is C14H17N3O2. The summed E-state index contributed by atoms with van der Waals surface area (Å²) in [5.41, 5.74) is 2.60. The third-order valence-electron chi connectivity index (χ3n) is 2.91. The zero-order chi connectivity index (χ0) is 13.8. The van der Waals surface area contributed by atoms with Crippen molar-refractivity contribution in [3.05, 3.63) is 47.8 Å². The lowest BCUT2D eigenvalue weighted by molar-refractivity contribution is 0.0601. The number of methoxy groups -OCH3 is 1. The van der Waals surface area contributed by atoms with Crippen LogP contribution in [0.2, 0.25) is 0 Å². The Balaban J connectivity index is 2.05. The molecule has 0 aliphatic rings. The number of hydrogen-bond acceptors (Lipinski definition) is 4. The molecule has 0 fully saturated rings. The van der Waals surface area contributed by atoms with E-state index in [0.29, 0.717) is 5.56 Å². The first-order chi connectivity index (χ1) is 9.10. The van der Waals surface area contributed by atoms with E-state index in [4.69, 9.17) is 0 Å². The second-order valence-corrected chi connectivity index (χ2v) is 4.38. The fourth-order valence-corrected chi connectivity index (χ4v) is 1.82. The summed E-state index contributed by atoms with van der Waals surface area (Å²) in [6, 6.07) is 7.35. The smallest absolute Gasteiger partial charge is 0.337 e. The molecule has 0 aliphatic carbocycles. The molecule has 0 saturated heterocycles. The molecule has 1 aromatic carbocycles. The number of esters is 1. The number of benzene rings is 1. The van der Waals surface area contributed by atoms with Gasteiger partial charge < -0.3 is 10.1 Å². The fourth-order valence-electron chi connectivity index (χ4n) is 1.82. The molecular weight excluding hydrogens is 242 g/mol. The maximum Gasteiger partial charge on any atom is 0.337 e. The highest BCUT2D eigenvalue weighted by Gasteiger charge is 2.08. The van der Waals surface area contributed by atoms with Gasteiger partial charge in [0.05, 0.1) is 24.9 Å². The Hall–Kier alpha value is -2.30. The van der Waals surface area contributed by atoms with Crippen LogP contribution in [-0.4, -0.2) is 22.9 Å². The summed E-state index contributed by atoms with van der Waals surface area (Å²) in [7, 11) is 3.26. The van der Waals surface area contributed by atoms with E-state index in [1.54, 1.807) is 16.8 Å². The average molecular weight is 259 g/mol. The lowest BCUT2D eigenvalue weighted by Gasteiger charge is -2.13. The first-order valence-electron chi connectivity index (χ1n) is 6.03. The number of hydrogen-bond donors (Lipinski definition) is 1. The molecule has 5 heteroatoms. The van der Waals surface area contributed by atoms with Crippen LogP contribution in [0, 0.1) is 0 Å². The quantitative estimate of drug-likeness (QED) is 0.856. The van der Waals surface area contributed by atoms with Crippen LogP contribution in [0.25, 0.3) is 0 Å². The zero-order valence-electron chi connectivity index (χ0n) is 11.3. The Labute approximate surface area is 112 Å². The van der Waals surface area contributed by atoms with Gasteiger partial charge in [-0.15, -0.1) is 0 Å². The molecule has 0 aliphatic heterocycles. The molecule has 0 amide bonds. The van der Waals surface area contributed by atoms with E-state index in [2.05, 4.69) is 22.1 Å². The minimum atomic E-state index is -0.327. The van der Waals surface area contributed by atoms with Crippen LogP contribution >= 0.6 is 0 Å².